The van der Waals surface area contributed by atoms with Crippen molar-refractivity contribution in [2.24, 2.45) is 0 Å². The molecule has 0 saturated carbocycles. The summed E-state index contributed by atoms with van der Waals surface area (Å²) in [5, 5.41) is 0. The van der Waals surface area contributed by atoms with E-state index in [1.165, 1.54) is 24.0 Å². The first-order valence-electron chi connectivity index (χ1n) is 3.60. The van der Waals surface area contributed by atoms with Gasteiger partial charge in [-0.05, 0) is 0 Å². The second-order valence-electron chi connectivity index (χ2n) is 2.62. The fourth-order valence-electron chi connectivity index (χ4n) is 1.08. The predicted molar refractivity (Wildman–Crippen MR) is 54.5 cm³/mol. The van der Waals surface area contributed by atoms with E-state index in [4.69, 9.17) is 0 Å². The summed E-state index contributed by atoms with van der Waals surface area (Å²) in [6.07, 6.45) is 9.10. The van der Waals surface area contributed by atoms with Crippen molar-refractivity contribution in [3.63, 3.8) is 0 Å². The van der Waals surface area contributed by atoms with E-state index in [-0.39, 0.29) is 50.7 Å². The van der Waals surface area contributed by atoms with Gasteiger partial charge in [0.2, 0.25) is 0 Å². The smallest absolute Gasteiger partial charge is 0 e. The number of allylic oxidation sites excluding steroid dienone is 4. The Bertz CT molecular complexity index is 162. The molecule has 12 heavy (non-hydrogen) atoms. The van der Waals surface area contributed by atoms with Gasteiger partial charge in [0, 0.05) is 25.8 Å². The monoisotopic (exact) mass is 373 g/mol. The molecule has 1 rings (SSSR count). The molecule has 3 heteroatoms. The van der Waals surface area contributed by atoms with E-state index in [9.17, 15) is 0 Å². The third kappa shape index (κ3) is 6.45. The van der Waals surface area contributed by atoms with E-state index < -0.39 is 0 Å². The molecule has 0 atom stereocenters. The van der Waals surface area contributed by atoms with E-state index >= 15 is 0 Å². The third-order valence-corrected chi connectivity index (χ3v) is 1.53. The van der Waals surface area contributed by atoms with Crippen molar-refractivity contribution < 1.29 is 25.8 Å². The number of hydrogen-bond acceptors (Lipinski definition) is 0. The van der Waals surface area contributed by atoms with E-state index in [1.807, 2.05) is 0 Å². The first-order chi connectivity index (χ1) is 4.33. The predicted octanol–water partition coefficient (Wildman–Crippen LogP) is 3.71. The van der Waals surface area contributed by atoms with Crippen LogP contribution in [0.5, 0.6) is 0 Å². The van der Waals surface area contributed by atoms with Gasteiger partial charge < -0.3 is 0 Å². The zero-order valence-electron chi connectivity index (χ0n) is 7.52. The largest absolute Gasteiger partial charge is 0.269 e. The van der Waals surface area contributed by atoms with Crippen molar-refractivity contribution in [3.05, 3.63) is 23.3 Å². The summed E-state index contributed by atoms with van der Waals surface area (Å²) in [7, 11) is 0. The molecular formula is C9H15Cl2Hf-. The van der Waals surface area contributed by atoms with Crippen LogP contribution in [0.2, 0.25) is 0 Å². The van der Waals surface area contributed by atoms with Crippen LogP contribution in [0.25, 0.3) is 0 Å². The molecule has 0 heterocycles. The summed E-state index contributed by atoms with van der Waals surface area (Å²) in [6.45, 7) is 4.37. The van der Waals surface area contributed by atoms with Crippen molar-refractivity contribution in [3.8, 4) is 0 Å². The molecule has 0 spiro atoms. The van der Waals surface area contributed by atoms with E-state index in [0.717, 1.165) is 6.42 Å². The molecule has 0 fully saturated rings. The van der Waals surface area contributed by atoms with Crippen molar-refractivity contribution in [2.45, 2.75) is 33.1 Å². The molecule has 1 aliphatic rings. The van der Waals surface area contributed by atoms with Gasteiger partial charge in [0.1, 0.15) is 0 Å². The maximum Gasteiger partial charge on any atom is 0 e. The fraction of sp³-hybridized carbons (Fsp3) is 0.556. The summed E-state index contributed by atoms with van der Waals surface area (Å²) in [5.41, 5.74) is 2.87. The molecular weight excluding hydrogens is 357 g/mol. The molecule has 0 aromatic rings. The van der Waals surface area contributed by atoms with E-state index in [1.54, 1.807) is 0 Å². The molecule has 1 aliphatic carbocycles. The van der Waals surface area contributed by atoms with E-state index in [0.29, 0.717) is 0 Å². The molecule has 0 aromatic carbocycles. The van der Waals surface area contributed by atoms with Crippen LogP contribution < -0.4 is 0 Å². The SMILES string of the molecule is CCCC1=[C-]CC(C)=C1.Cl.Cl.[Hf]. The van der Waals surface area contributed by atoms with Crippen LogP contribution in [0.4, 0.5) is 0 Å². The van der Waals surface area contributed by atoms with Gasteiger partial charge in [-0.3, -0.25) is 6.08 Å². The summed E-state index contributed by atoms with van der Waals surface area (Å²) in [6, 6.07) is 0. The van der Waals surface area contributed by atoms with Crippen molar-refractivity contribution in [1.29, 1.82) is 0 Å². The zero-order valence-corrected chi connectivity index (χ0v) is 12.7. The number of hydrogen-bond donors (Lipinski definition) is 0. The molecule has 0 saturated heterocycles. The average molecular weight is 373 g/mol. The summed E-state index contributed by atoms with van der Waals surface area (Å²) < 4.78 is 0. The third-order valence-electron chi connectivity index (χ3n) is 1.53. The Kier molecular flexibility index (Phi) is 15.6. The first kappa shape index (κ1) is 18.7. The van der Waals surface area contributed by atoms with Crippen LogP contribution in [-0.4, -0.2) is 0 Å². The topological polar surface area (TPSA) is 0 Å². The van der Waals surface area contributed by atoms with Gasteiger partial charge >= 0.3 is 0 Å². The molecule has 0 amide bonds. The maximum absolute atomic E-state index is 3.33. The Hall–Kier alpha value is 0.930. The fourth-order valence-corrected chi connectivity index (χ4v) is 1.08. The van der Waals surface area contributed by atoms with Gasteiger partial charge in [0.05, 0.1) is 0 Å². The summed E-state index contributed by atoms with van der Waals surface area (Å²) >= 11 is 0. The van der Waals surface area contributed by atoms with Gasteiger partial charge in [-0.15, -0.1) is 31.2 Å². The molecule has 0 aromatic heterocycles. The van der Waals surface area contributed by atoms with Gasteiger partial charge in [-0.25, -0.2) is 11.6 Å². The van der Waals surface area contributed by atoms with Crippen molar-refractivity contribution in [2.75, 3.05) is 0 Å². The first-order valence-corrected chi connectivity index (χ1v) is 3.60. The molecule has 0 N–H and O–H groups in total. The van der Waals surface area contributed by atoms with Gasteiger partial charge in [-0.1, -0.05) is 26.7 Å². The molecule has 0 aliphatic heterocycles. The van der Waals surface area contributed by atoms with Gasteiger partial charge in [0.15, 0.2) is 0 Å². The Morgan fingerprint density at radius 1 is 1.42 bits per heavy atom. The standard InChI is InChI=1S/C9H13.2ClH.Hf/c1-3-4-9-6-5-8(2)7-9;;;/h7H,3-5H2,1-2H3;2*1H;/q-1;;;. The van der Waals surface area contributed by atoms with Crippen LogP contribution in [0, 0.1) is 6.08 Å². The van der Waals surface area contributed by atoms with Gasteiger partial charge in [-0.2, -0.15) is 5.57 Å². The minimum atomic E-state index is 0. The minimum absolute atomic E-state index is 0. The van der Waals surface area contributed by atoms with Crippen LogP contribution in [0.1, 0.15) is 33.1 Å². The average Bonchev–Trinajstić information content (AvgIpc) is 2.17. The maximum atomic E-state index is 3.33. The molecule has 70 valence electrons. The van der Waals surface area contributed by atoms with Gasteiger partial charge in [0.25, 0.3) is 0 Å². The Morgan fingerprint density at radius 2 is 2.00 bits per heavy atom. The van der Waals surface area contributed by atoms with Crippen molar-refractivity contribution in [1.82, 2.24) is 0 Å². The van der Waals surface area contributed by atoms with Crippen LogP contribution in [0.3, 0.4) is 0 Å². The minimum Gasteiger partial charge on any atom is -0.269 e. The van der Waals surface area contributed by atoms with Crippen molar-refractivity contribution >= 4 is 24.8 Å². The van der Waals surface area contributed by atoms with Crippen LogP contribution in [-0.2, 0) is 25.8 Å². The van der Waals surface area contributed by atoms with Crippen LogP contribution >= 0.6 is 24.8 Å². The Balaban J connectivity index is -0.000000270. The summed E-state index contributed by atoms with van der Waals surface area (Å²) in [5.74, 6) is 0. The van der Waals surface area contributed by atoms with E-state index in [2.05, 4.69) is 26.0 Å². The molecule has 0 unspecified atom stereocenters. The molecule has 0 nitrogen and oxygen atoms in total. The molecule has 0 bridgehead atoms. The number of rotatable bonds is 2. The normalized spacial score (nSPS) is 13.2. The van der Waals surface area contributed by atoms with Crippen LogP contribution in [0.15, 0.2) is 17.2 Å². The Labute approximate surface area is 106 Å². The molecule has 0 radical (unpaired) electrons. The second kappa shape index (κ2) is 10.0. The summed E-state index contributed by atoms with van der Waals surface area (Å²) in [4.78, 5) is 0. The Morgan fingerprint density at radius 3 is 2.33 bits per heavy atom. The zero-order chi connectivity index (χ0) is 6.69. The number of halogens is 2. The second-order valence-corrected chi connectivity index (χ2v) is 2.62. The quantitative estimate of drug-likeness (QED) is 0.512.